The van der Waals surface area contributed by atoms with E-state index < -0.39 is 0 Å². The molecule has 1 aromatic rings. The highest BCUT2D eigenvalue weighted by molar-refractivity contribution is 6.31. The average Bonchev–Trinajstić information content (AvgIpc) is 2.91. The molecule has 2 rings (SSSR count). The van der Waals surface area contributed by atoms with Crippen LogP contribution in [0.3, 0.4) is 0 Å². The van der Waals surface area contributed by atoms with E-state index in [1.165, 1.54) is 38.2 Å². The summed E-state index contributed by atoms with van der Waals surface area (Å²) < 4.78 is 13.8. The van der Waals surface area contributed by atoms with Crippen molar-refractivity contribution in [2.24, 2.45) is 5.92 Å². The Balaban J connectivity index is 1.90. The maximum atomic E-state index is 13.8. The third kappa shape index (κ3) is 4.19. The molecule has 0 spiro atoms. The van der Waals surface area contributed by atoms with Crippen LogP contribution in [0.2, 0.25) is 5.02 Å². The SMILES string of the molecule is CNC(CCC1CCCC1)Cc1c(F)cccc1Cl. The Morgan fingerprint density at radius 3 is 2.74 bits per heavy atom. The molecule has 0 radical (unpaired) electrons. The summed E-state index contributed by atoms with van der Waals surface area (Å²) in [6.07, 6.45) is 8.54. The monoisotopic (exact) mass is 283 g/mol. The van der Waals surface area contributed by atoms with E-state index in [-0.39, 0.29) is 5.82 Å². The van der Waals surface area contributed by atoms with Gasteiger partial charge in [-0.15, -0.1) is 0 Å². The number of rotatable bonds is 6. The molecule has 3 heteroatoms. The van der Waals surface area contributed by atoms with Crippen molar-refractivity contribution in [1.82, 2.24) is 5.32 Å². The van der Waals surface area contributed by atoms with Crippen molar-refractivity contribution in [3.05, 3.63) is 34.6 Å². The van der Waals surface area contributed by atoms with E-state index in [0.717, 1.165) is 12.3 Å². The maximum Gasteiger partial charge on any atom is 0.127 e. The molecule has 1 aliphatic rings. The van der Waals surface area contributed by atoms with E-state index in [1.807, 2.05) is 7.05 Å². The normalized spacial score (nSPS) is 17.8. The van der Waals surface area contributed by atoms with Crippen LogP contribution in [-0.4, -0.2) is 13.1 Å². The maximum absolute atomic E-state index is 13.8. The van der Waals surface area contributed by atoms with Gasteiger partial charge in [0.2, 0.25) is 0 Å². The summed E-state index contributed by atoms with van der Waals surface area (Å²) in [4.78, 5) is 0. The Morgan fingerprint density at radius 2 is 2.11 bits per heavy atom. The zero-order chi connectivity index (χ0) is 13.7. The molecular weight excluding hydrogens is 261 g/mol. The van der Waals surface area contributed by atoms with Crippen LogP contribution in [0, 0.1) is 11.7 Å². The highest BCUT2D eigenvalue weighted by Crippen LogP contribution is 2.29. The summed E-state index contributed by atoms with van der Waals surface area (Å²) in [6.45, 7) is 0. The minimum Gasteiger partial charge on any atom is -0.317 e. The van der Waals surface area contributed by atoms with Gasteiger partial charge in [-0.2, -0.15) is 0 Å². The van der Waals surface area contributed by atoms with Crippen LogP contribution >= 0.6 is 11.6 Å². The number of halogens is 2. The number of nitrogens with one attached hydrogen (secondary N) is 1. The van der Waals surface area contributed by atoms with Gasteiger partial charge in [-0.1, -0.05) is 43.4 Å². The minimum absolute atomic E-state index is 0.186. The largest absolute Gasteiger partial charge is 0.317 e. The van der Waals surface area contributed by atoms with Gasteiger partial charge in [0.1, 0.15) is 5.82 Å². The molecule has 19 heavy (non-hydrogen) atoms. The van der Waals surface area contributed by atoms with Crippen LogP contribution in [0.5, 0.6) is 0 Å². The first-order valence-corrected chi connectivity index (χ1v) is 7.68. The Hall–Kier alpha value is -0.600. The van der Waals surface area contributed by atoms with Gasteiger partial charge in [0.15, 0.2) is 0 Å². The molecule has 0 aromatic heterocycles. The molecule has 1 fully saturated rings. The fraction of sp³-hybridized carbons (Fsp3) is 0.625. The number of benzene rings is 1. The smallest absolute Gasteiger partial charge is 0.127 e. The second-order valence-corrected chi connectivity index (χ2v) is 6.02. The molecule has 0 bridgehead atoms. The Bertz CT molecular complexity index is 381. The summed E-state index contributed by atoms with van der Waals surface area (Å²) >= 11 is 6.09. The van der Waals surface area contributed by atoms with Crippen molar-refractivity contribution in [3.63, 3.8) is 0 Å². The molecule has 1 atom stereocenters. The van der Waals surface area contributed by atoms with Gasteiger partial charge in [0, 0.05) is 16.6 Å². The zero-order valence-corrected chi connectivity index (χ0v) is 12.3. The minimum atomic E-state index is -0.186. The number of hydrogen-bond acceptors (Lipinski definition) is 1. The second-order valence-electron chi connectivity index (χ2n) is 5.62. The average molecular weight is 284 g/mol. The first-order chi connectivity index (χ1) is 9.20. The van der Waals surface area contributed by atoms with Crippen LogP contribution in [-0.2, 0) is 6.42 Å². The summed E-state index contributed by atoms with van der Waals surface area (Å²) in [7, 11) is 1.95. The summed E-state index contributed by atoms with van der Waals surface area (Å²) in [5.74, 6) is 0.695. The van der Waals surface area contributed by atoms with Crippen LogP contribution in [0.1, 0.15) is 44.1 Å². The topological polar surface area (TPSA) is 12.0 Å². The molecular formula is C16H23ClFN. The lowest BCUT2D eigenvalue weighted by Crippen LogP contribution is -2.28. The Morgan fingerprint density at radius 1 is 1.37 bits per heavy atom. The number of hydrogen-bond donors (Lipinski definition) is 1. The summed E-state index contributed by atoms with van der Waals surface area (Å²) in [5, 5.41) is 3.85. The van der Waals surface area contributed by atoms with Gasteiger partial charge in [0.25, 0.3) is 0 Å². The van der Waals surface area contributed by atoms with Crippen molar-refractivity contribution in [1.29, 1.82) is 0 Å². The molecule has 0 amide bonds. The Labute approximate surface area is 120 Å². The van der Waals surface area contributed by atoms with Gasteiger partial charge >= 0.3 is 0 Å². The van der Waals surface area contributed by atoms with Crippen molar-refractivity contribution < 1.29 is 4.39 Å². The lowest BCUT2D eigenvalue weighted by Gasteiger charge is -2.19. The molecule has 0 aliphatic heterocycles. The number of likely N-dealkylation sites (N-methyl/N-ethyl adjacent to an activating group) is 1. The molecule has 1 aromatic carbocycles. The molecule has 1 unspecified atom stereocenters. The van der Waals surface area contributed by atoms with Gasteiger partial charge in [-0.3, -0.25) is 0 Å². The van der Waals surface area contributed by atoms with Crippen molar-refractivity contribution >= 4 is 11.6 Å². The third-order valence-corrected chi connectivity index (χ3v) is 4.67. The van der Waals surface area contributed by atoms with Gasteiger partial charge in [0.05, 0.1) is 0 Å². The van der Waals surface area contributed by atoms with E-state index in [1.54, 1.807) is 12.1 Å². The van der Waals surface area contributed by atoms with Crippen LogP contribution < -0.4 is 5.32 Å². The second kappa shape index (κ2) is 7.25. The predicted molar refractivity (Wildman–Crippen MR) is 79.2 cm³/mol. The van der Waals surface area contributed by atoms with Gasteiger partial charge in [-0.05, 0) is 44.4 Å². The Kier molecular flexibility index (Phi) is 5.65. The van der Waals surface area contributed by atoms with E-state index in [0.29, 0.717) is 23.0 Å². The zero-order valence-electron chi connectivity index (χ0n) is 11.6. The van der Waals surface area contributed by atoms with Gasteiger partial charge in [-0.25, -0.2) is 4.39 Å². The van der Waals surface area contributed by atoms with E-state index in [4.69, 9.17) is 11.6 Å². The van der Waals surface area contributed by atoms with Crippen LogP contribution in [0.4, 0.5) is 4.39 Å². The lowest BCUT2D eigenvalue weighted by atomic mass is 9.95. The first kappa shape index (κ1) is 14.8. The van der Waals surface area contributed by atoms with E-state index in [9.17, 15) is 4.39 Å². The molecule has 1 saturated carbocycles. The highest BCUT2D eigenvalue weighted by atomic mass is 35.5. The molecule has 106 valence electrons. The summed E-state index contributed by atoms with van der Waals surface area (Å²) in [6, 6.07) is 5.23. The highest BCUT2D eigenvalue weighted by Gasteiger charge is 2.18. The first-order valence-electron chi connectivity index (χ1n) is 7.31. The molecule has 0 heterocycles. The van der Waals surface area contributed by atoms with Crippen LogP contribution in [0.15, 0.2) is 18.2 Å². The fourth-order valence-electron chi connectivity index (χ4n) is 3.06. The lowest BCUT2D eigenvalue weighted by molar-refractivity contribution is 0.415. The third-order valence-electron chi connectivity index (χ3n) is 4.32. The standard InChI is InChI=1S/C16H23ClFN/c1-19-13(10-9-12-5-2-3-6-12)11-14-15(17)7-4-8-16(14)18/h4,7-8,12-13,19H,2-3,5-6,9-11H2,1H3. The molecule has 1 nitrogen and oxygen atoms in total. The van der Waals surface area contributed by atoms with E-state index in [2.05, 4.69) is 5.32 Å². The van der Waals surface area contributed by atoms with E-state index >= 15 is 0 Å². The van der Waals surface area contributed by atoms with Crippen molar-refractivity contribution in [3.8, 4) is 0 Å². The predicted octanol–water partition coefficient (Wildman–Crippen LogP) is 4.58. The molecule has 0 saturated heterocycles. The fourth-order valence-corrected chi connectivity index (χ4v) is 3.30. The van der Waals surface area contributed by atoms with Crippen LogP contribution in [0.25, 0.3) is 0 Å². The van der Waals surface area contributed by atoms with Gasteiger partial charge < -0.3 is 5.32 Å². The molecule has 1 aliphatic carbocycles. The summed E-state index contributed by atoms with van der Waals surface area (Å²) in [5.41, 5.74) is 0.648. The van der Waals surface area contributed by atoms with Crippen molar-refractivity contribution in [2.75, 3.05) is 7.05 Å². The molecule has 1 N–H and O–H groups in total. The quantitative estimate of drug-likeness (QED) is 0.806. The van der Waals surface area contributed by atoms with Crippen molar-refractivity contribution in [2.45, 2.75) is 51.0 Å².